The zero-order valence-electron chi connectivity index (χ0n) is 13.0. The molecule has 116 valence electrons. The number of anilines is 1. The number of nitrogens with zero attached hydrogens (tertiary/aromatic N) is 4. The van der Waals surface area contributed by atoms with E-state index >= 15 is 0 Å². The molecule has 2 N–H and O–H groups in total. The Labute approximate surface area is 133 Å². The van der Waals surface area contributed by atoms with Gasteiger partial charge in [0.15, 0.2) is 5.82 Å². The Morgan fingerprint density at radius 1 is 1.09 bits per heavy atom. The molecule has 6 heteroatoms. The van der Waals surface area contributed by atoms with Crippen molar-refractivity contribution in [3.8, 4) is 17.1 Å². The molecule has 0 atom stereocenters. The fourth-order valence-corrected chi connectivity index (χ4v) is 3.03. The van der Waals surface area contributed by atoms with Crippen LogP contribution in [0, 0.1) is 0 Å². The maximum absolute atomic E-state index is 6.04. The average Bonchev–Trinajstić information content (AvgIpc) is 3.12. The Bertz CT molecular complexity index is 1010. The second-order valence-corrected chi connectivity index (χ2v) is 5.35. The van der Waals surface area contributed by atoms with Crippen molar-refractivity contribution in [3.63, 3.8) is 0 Å². The van der Waals surface area contributed by atoms with Gasteiger partial charge in [-0.15, -0.1) is 10.2 Å². The maximum atomic E-state index is 6.04. The van der Waals surface area contributed by atoms with E-state index in [1.165, 1.54) is 0 Å². The van der Waals surface area contributed by atoms with Crippen LogP contribution in [0.2, 0.25) is 0 Å². The second-order valence-electron chi connectivity index (χ2n) is 5.35. The third kappa shape index (κ3) is 1.88. The first-order valence-corrected chi connectivity index (χ1v) is 7.51. The summed E-state index contributed by atoms with van der Waals surface area (Å²) >= 11 is 0. The van der Waals surface area contributed by atoms with Gasteiger partial charge < -0.3 is 15.0 Å². The highest BCUT2D eigenvalue weighted by Crippen LogP contribution is 2.30. The fourth-order valence-electron chi connectivity index (χ4n) is 3.03. The van der Waals surface area contributed by atoms with Crippen LogP contribution in [0.3, 0.4) is 0 Å². The number of rotatable bonds is 3. The Hall–Kier alpha value is -3.02. The number of ether oxygens (including phenoxy) is 1. The van der Waals surface area contributed by atoms with Crippen molar-refractivity contribution >= 4 is 22.5 Å². The zero-order valence-corrected chi connectivity index (χ0v) is 13.0. The van der Waals surface area contributed by atoms with Gasteiger partial charge >= 0.3 is 0 Å². The van der Waals surface area contributed by atoms with E-state index in [-0.39, 0.29) is 0 Å². The van der Waals surface area contributed by atoms with Crippen molar-refractivity contribution in [1.29, 1.82) is 0 Å². The van der Waals surface area contributed by atoms with E-state index in [4.69, 9.17) is 10.5 Å². The number of methoxy groups -OCH3 is 1. The number of fused-ring (bicyclic) bond motifs is 3. The average molecular weight is 307 g/mol. The SMILES string of the molecule is CCn1c2ccccc2n2c(-c3ccc(OC)c(N)c3)nnc12. The van der Waals surface area contributed by atoms with E-state index < -0.39 is 0 Å². The summed E-state index contributed by atoms with van der Waals surface area (Å²) < 4.78 is 9.45. The van der Waals surface area contributed by atoms with Crippen molar-refractivity contribution < 1.29 is 4.74 Å². The standard InChI is InChI=1S/C17H17N5O/c1-3-21-13-6-4-5-7-14(13)22-16(19-20-17(21)22)11-8-9-15(23-2)12(18)10-11/h4-10H,3,18H2,1-2H3. The van der Waals surface area contributed by atoms with E-state index in [1.54, 1.807) is 7.11 Å². The number of hydrogen-bond acceptors (Lipinski definition) is 4. The van der Waals surface area contributed by atoms with Gasteiger partial charge in [-0.2, -0.15) is 0 Å². The molecule has 0 aliphatic carbocycles. The lowest BCUT2D eigenvalue weighted by molar-refractivity contribution is 0.417. The van der Waals surface area contributed by atoms with Crippen molar-refractivity contribution in [2.45, 2.75) is 13.5 Å². The first kappa shape index (κ1) is 13.6. The fraction of sp³-hybridized carbons (Fsp3) is 0.176. The number of nitrogens with two attached hydrogens (primary N) is 1. The van der Waals surface area contributed by atoms with Gasteiger partial charge in [-0.3, -0.25) is 4.40 Å². The van der Waals surface area contributed by atoms with Gasteiger partial charge in [0, 0.05) is 12.1 Å². The Morgan fingerprint density at radius 2 is 1.87 bits per heavy atom. The molecular weight excluding hydrogens is 290 g/mol. The minimum atomic E-state index is 0.584. The summed E-state index contributed by atoms with van der Waals surface area (Å²) in [6, 6.07) is 13.9. The van der Waals surface area contributed by atoms with Crippen LogP contribution in [0.25, 0.3) is 28.2 Å². The highest BCUT2D eigenvalue weighted by Gasteiger charge is 2.17. The lowest BCUT2D eigenvalue weighted by Gasteiger charge is -2.06. The Balaban J connectivity index is 2.03. The number of nitrogen functional groups attached to an aromatic ring is 1. The molecule has 2 heterocycles. The molecule has 4 rings (SSSR count). The molecule has 0 saturated carbocycles. The molecule has 0 unspecified atom stereocenters. The summed E-state index contributed by atoms with van der Waals surface area (Å²) in [5.74, 6) is 2.27. The van der Waals surface area contributed by atoms with Crippen LogP contribution in [0.5, 0.6) is 5.75 Å². The molecule has 2 aromatic carbocycles. The van der Waals surface area contributed by atoms with Gasteiger partial charge in [-0.25, -0.2) is 0 Å². The zero-order chi connectivity index (χ0) is 16.0. The minimum absolute atomic E-state index is 0.584. The third-order valence-corrected chi connectivity index (χ3v) is 4.10. The first-order chi connectivity index (χ1) is 11.2. The Kier molecular flexibility index (Phi) is 2.97. The van der Waals surface area contributed by atoms with Crippen molar-refractivity contribution in [1.82, 2.24) is 19.2 Å². The van der Waals surface area contributed by atoms with E-state index in [9.17, 15) is 0 Å². The van der Waals surface area contributed by atoms with Gasteiger partial charge in [-0.1, -0.05) is 12.1 Å². The summed E-state index contributed by atoms with van der Waals surface area (Å²) in [5, 5.41) is 8.76. The van der Waals surface area contributed by atoms with Gasteiger partial charge in [-0.05, 0) is 37.3 Å². The molecule has 2 aromatic heterocycles. The molecule has 6 nitrogen and oxygen atoms in total. The van der Waals surface area contributed by atoms with Crippen LogP contribution in [0.4, 0.5) is 5.69 Å². The quantitative estimate of drug-likeness (QED) is 0.591. The molecule has 0 bridgehead atoms. The number of hydrogen-bond donors (Lipinski definition) is 1. The minimum Gasteiger partial charge on any atom is -0.495 e. The van der Waals surface area contributed by atoms with E-state index in [0.717, 1.165) is 34.7 Å². The molecule has 0 radical (unpaired) electrons. The van der Waals surface area contributed by atoms with E-state index in [0.29, 0.717) is 11.4 Å². The number of para-hydroxylation sites is 2. The predicted molar refractivity (Wildman–Crippen MR) is 90.6 cm³/mol. The lowest BCUT2D eigenvalue weighted by atomic mass is 10.1. The summed E-state index contributed by atoms with van der Waals surface area (Å²) in [6.07, 6.45) is 0. The Morgan fingerprint density at radius 3 is 2.57 bits per heavy atom. The van der Waals surface area contributed by atoms with E-state index in [2.05, 4.69) is 38.2 Å². The van der Waals surface area contributed by atoms with Crippen LogP contribution in [-0.4, -0.2) is 26.3 Å². The number of imidazole rings is 1. The third-order valence-electron chi connectivity index (χ3n) is 4.10. The molecule has 4 aromatic rings. The molecule has 0 aliphatic rings. The van der Waals surface area contributed by atoms with Crippen molar-refractivity contribution in [3.05, 3.63) is 42.5 Å². The van der Waals surface area contributed by atoms with Crippen LogP contribution in [0.15, 0.2) is 42.5 Å². The van der Waals surface area contributed by atoms with Crippen molar-refractivity contribution in [2.24, 2.45) is 0 Å². The summed E-state index contributed by atoms with van der Waals surface area (Å²) in [5.41, 5.74) is 9.76. The maximum Gasteiger partial charge on any atom is 0.236 e. The summed E-state index contributed by atoms with van der Waals surface area (Å²) in [7, 11) is 1.61. The molecule has 0 fully saturated rings. The lowest BCUT2D eigenvalue weighted by Crippen LogP contribution is -1.94. The largest absolute Gasteiger partial charge is 0.495 e. The summed E-state index contributed by atoms with van der Waals surface area (Å²) in [6.45, 7) is 2.94. The molecule has 23 heavy (non-hydrogen) atoms. The van der Waals surface area contributed by atoms with Crippen LogP contribution < -0.4 is 10.5 Å². The van der Waals surface area contributed by atoms with Crippen molar-refractivity contribution in [2.75, 3.05) is 12.8 Å². The van der Waals surface area contributed by atoms with Gasteiger partial charge in [0.2, 0.25) is 5.78 Å². The monoisotopic (exact) mass is 307 g/mol. The molecule has 0 amide bonds. The van der Waals surface area contributed by atoms with Gasteiger partial charge in [0.1, 0.15) is 5.75 Å². The summed E-state index contributed by atoms with van der Waals surface area (Å²) in [4.78, 5) is 0. The number of aryl methyl sites for hydroxylation is 1. The second kappa shape index (κ2) is 5.01. The number of aromatic nitrogens is 4. The number of benzene rings is 2. The topological polar surface area (TPSA) is 70.4 Å². The van der Waals surface area contributed by atoms with Crippen LogP contribution in [-0.2, 0) is 6.54 Å². The molecule has 0 aliphatic heterocycles. The molecule has 0 spiro atoms. The van der Waals surface area contributed by atoms with Crippen LogP contribution >= 0.6 is 0 Å². The molecular formula is C17H17N5O. The molecule has 0 saturated heterocycles. The highest BCUT2D eigenvalue weighted by molar-refractivity contribution is 5.83. The van der Waals surface area contributed by atoms with Gasteiger partial charge in [0.05, 0.1) is 23.8 Å². The normalized spacial score (nSPS) is 11.4. The predicted octanol–water partition coefficient (Wildman–Crippen LogP) is 2.96. The van der Waals surface area contributed by atoms with E-state index in [1.807, 2.05) is 30.3 Å². The smallest absolute Gasteiger partial charge is 0.236 e. The first-order valence-electron chi connectivity index (χ1n) is 7.51. The highest BCUT2D eigenvalue weighted by atomic mass is 16.5. The van der Waals surface area contributed by atoms with Crippen LogP contribution in [0.1, 0.15) is 6.92 Å². The van der Waals surface area contributed by atoms with Gasteiger partial charge in [0.25, 0.3) is 0 Å².